The summed E-state index contributed by atoms with van der Waals surface area (Å²) < 4.78 is 0. The van der Waals surface area contributed by atoms with Gasteiger partial charge < -0.3 is 21.1 Å². The zero-order valence-corrected chi connectivity index (χ0v) is 18.5. The van der Waals surface area contributed by atoms with Gasteiger partial charge in [0.15, 0.2) is 0 Å². The SMILES string of the molecule is CC(=O)N(N)C(=O)C(O)CC(=O)N(C)NC(=O)[C@@H]1CCCN1C(=O)[C@H](C)NC(=O)[C@H](C)N. The van der Waals surface area contributed by atoms with Crippen LogP contribution in [0.1, 0.15) is 40.0 Å². The van der Waals surface area contributed by atoms with E-state index in [1.807, 2.05) is 0 Å². The van der Waals surface area contributed by atoms with Crippen LogP contribution in [0.15, 0.2) is 0 Å². The van der Waals surface area contributed by atoms with E-state index in [9.17, 15) is 33.9 Å². The van der Waals surface area contributed by atoms with Gasteiger partial charge in [0.05, 0.1) is 12.5 Å². The standard InChI is InChI=1S/C18H31N7O7/c1-9(19)15(29)21-10(2)17(31)24-7-5-6-12(24)16(30)22-23(4)14(28)8-13(27)18(32)25(20)11(3)26/h9-10,12-13,27H,5-8,19-20H2,1-4H3,(H,21,29)(H,22,30)/t9-,10-,12-,13?/m0/s1. The Hall–Kier alpha value is -3.10. The van der Waals surface area contributed by atoms with Crippen LogP contribution in [0.5, 0.6) is 0 Å². The minimum Gasteiger partial charge on any atom is -0.383 e. The van der Waals surface area contributed by atoms with Crippen molar-refractivity contribution in [2.24, 2.45) is 11.6 Å². The third-order valence-corrected chi connectivity index (χ3v) is 4.86. The lowest BCUT2D eigenvalue weighted by atomic mass is 10.2. The third-order valence-electron chi connectivity index (χ3n) is 4.86. The van der Waals surface area contributed by atoms with Crippen LogP contribution in [-0.2, 0) is 28.8 Å². The van der Waals surface area contributed by atoms with E-state index >= 15 is 0 Å². The Morgan fingerprint density at radius 2 is 1.78 bits per heavy atom. The molecule has 0 bridgehead atoms. The molecule has 0 aliphatic carbocycles. The lowest BCUT2D eigenvalue weighted by molar-refractivity contribution is -0.154. The van der Waals surface area contributed by atoms with E-state index in [0.29, 0.717) is 12.8 Å². The van der Waals surface area contributed by atoms with E-state index in [4.69, 9.17) is 11.6 Å². The van der Waals surface area contributed by atoms with Gasteiger partial charge in [-0.25, -0.2) is 10.9 Å². The van der Waals surface area contributed by atoms with Crippen LogP contribution in [0, 0.1) is 0 Å². The van der Waals surface area contributed by atoms with E-state index in [1.165, 1.54) is 25.8 Å². The second kappa shape index (κ2) is 11.5. The molecule has 0 aromatic rings. The van der Waals surface area contributed by atoms with Gasteiger partial charge in [0.1, 0.15) is 18.2 Å². The van der Waals surface area contributed by atoms with Crippen molar-refractivity contribution in [1.82, 2.24) is 25.7 Å². The van der Waals surface area contributed by atoms with E-state index < -0.39 is 66.1 Å². The molecule has 1 aliphatic heterocycles. The smallest absolute Gasteiger partial charge is 0.272 e. The molecular formula is C18H31N7O7. The predicted molar refractivity (Wildman–Crippen MR) is 109 cm³/mol. The highest BCUT2D eigenvalue weighted by atomic mass is 16.3. The molecule has 1 aliphatic rings. The molecule has 32 heavy (non-hydrogen) atoms. The van der Waals surface area contributed by atoms with Crippen LogP contribution in [0.2, 0.25) is 0 Å². The van der Waals surface area contributed by atoms with Crippen molar-refractivity contribution in [2.45, 2.75) is 64.3 Å². The normalized spacial score (nSPS) is 18.2. The summed E-state index contributed by atoms with van der Waals surface area (Å²) in [5.41, 5.74) is 7.79. The molecule has 1 unspecified atom stereocenters. The highest BCUT2D eigenvalue weighted by Gasteiger charge is 2.37. The number of hydrazine groups is 2. The molecule has 0 aromatic carbocycles. The summed E-state index contributed by atoms with van der Waals surface area (Å²) in [6, 6.07) is -2.58. The first kappa shape index (κ1) is 26.9. The van der Waals surface area contributed by atoms with Crippen LogP contribution in [0.4, 0.5) is 0 Å². The van der Waals surface area contributed by atoms with E-state index in [2.05, 4.69) is 10.7 Å². The summed E-state index contributed by atoms with van der Waals surface area (Å²) in [6.45, 7) is 4.25. The predicted octanol–water partition coefficient (Wildman–Crippen LogP) is -3.68. The Morgan fingerprint density at radius 3 is 2.31 bits per heavy atom. The molecule has 7 N–H and O–H groups in total. The number of nitrogens with zero attached hydrogens (tertiary/aromatic N) is 3. The van der Waals surface area contributed by atoms with Gasteiger partial charge in [0.2, 0.25) is 23.6 Å². The van der Waals surface area contributed by atoms with Crippen molar-refractivity contribution in [2.75, 3.05) is 13.6 Å². The molecule has 180 valence electrons. The quantitative estimate of drug-likeness (QED) is 0.145. The monoisotopic (exact) mass is 457 g/mol. The zero-order chi connectivity index (χ0) is 24.7. The number of aliphatic hydroxyl groups excluding tert-OH is 1. The molecule has 6 amide bonds. The van der Waals surface area contributed by atoms with E-state index in [-0.39, 0.29) is 11.6 Å². The first-order valence-electron chi connectivity index (χ1n) is 9.98. The van der Waals surface area contributed by atoms with Crippen LogP contribution < -0.4 is 22.3 Å². The Kier molecular flexibility index (Phi) is 9.68. The number of hydrogen-bond donors (Lipinski definition) is 5. The number of nitrogens with one attached hydrogen (secondary N) is 2. The number of carbonyl (C=O) groups excluding carboxylic acids is 6. The number of nitrogens with two attached hydrogens (primary N) is 2. The Balaban J connectivity index is 2.70. The first-order valence-corrected chi connectivity index (χ1v) is 9.98. The van der Waals surface area contributed by atoms with Crippen molar-refractivity contribution < 1.29 is 33.9 Å². The van der Waals surface area contributed by atoms with Gasteiger partial charge in [-0.05, 0) is 26.7 Å². The minimum absolute atomic E-state index is 0.184. The highest BCUT2D eigenvalue weighted by molar-refractivity contribution is 5.98. The Bertz CT molecular complexity index is 773. The third kappa shape index (κ3) is 6.96. The molecule has 0 radical (unpaired) electrons. The minimum atomic E-state index is -1.88. The maximum atomic E-state index is 12.7. The lowest BCUT2D eigenvalue weighted by Crippen LogP contribution is -2.56. The molecule has 0 spiro atoms. The van der Waals surface area contributed by atoms with Gasteiger partial charge in [-0.15, -0.1) is 0 Å². The summed E-state index contributed by atoms with van der Waals surface area (Å²) in [6.07, 6.45) is -1.73. The second-order valence-corrected chi connectivity index (χ2v) is 7.58. The summed E-state index contributed by atoms with van der Waals surface area (Å²) in [5.74, 6) is 0.753. The highest BCUT2D eigenvalue weighted by Crippen LogP contribution is 2.18. The average Bonchev–Trinajstić information content (AvgIpc) is 3.21. The van der Waals surface area contributed by atoms with Gasteiger partial charge in [-0.1, -0.05) is 0 Å². The molecule has 0 saturated carbocycles. The lowest BCUT2D eigenvalue weighted by Gasteiger charge is -2.29. The molecule has 0 aromatic heterocycles. The van der Waals surface area contributed by atoms with Gasteiger partial charge in [0, 0.05) is 20.5 Å². The van der Waals surface area contributed by atoms with Crippen molar-refractivity contribution in [3.63, 3.8) is 0 Å². The molecule has 1 heterocycles. The topological polar surface area (TPSA) is 208 Å². The van der Waals surface area contributed by atoms with Gasteiger partial charge in [-0.3, -0.25) is 39.2 Å². The first-order chi connectivity index (χ1) is 14.8. The van der Waals surface area contributed by atoms with Crippen LogP contribution in [-0.4, -0.2) is 93.3 Å². The molecular weight excluding hydrogens is 426 g/mol. The largest absolute Gasteiger partial charge is 0.383 e. The maximum absolute atomic E-state index is 12.7. The van der Waals surface area contributed by atoms with Crippen molar-refractivity contribution in [1.29, 1.82) is 0 Å². The van der Waals surface area contributed by atoms with Gasteiger partial charge in [-0.2, -0.15) is 0 Å². The molecule has 14 heteroatoms. The average molecular weight is 457 g/mol. The molecule has 14 nitrogen and oxygen atoms in total. The maximum Gasteiger partial charge on any atom is 0.272 e. The Morgan fingerprint density at radius 1 is 1.19 bits per heavy atom. The number of likely N-dealkylation sites (tertiary alicyclic amines) is 1. The van der Waals surface area contributed by atoms with Gasteiger partial charge >= 0.3 is 0 Å². The zero-order valence-electron chi connectivity index (χ0n) is 18.5. The van der Waals surface area contributed by atoms with Crippen molar-refractivity contribution in [3.8, 4) is 0 Å². The van der Waals surface area contributed by atoms with Gasteiger partial charge in [0.25, 0.3) is 11.8 Å². The summed E-state index contributed by atoms with van der Waals surface area (Å²) >= 11 is 0. The van der Waals surface area contributed by atoms with Crippen molar-refractivity contribution in [3.05, 3.63) is 0 Å². The summed E-state index contributed by atoms with van der Waals surface area (Å²) in [4.78, 5) is 73.4. The molecule has 1 saturated heterocycles. The van der Waals surface area contributed by atoms with E-state index in [0.717, 1.165) is 11.9 Å². The van der Waals surface area contributed by atoms with Crippen LogP contribution in [0.3, 0.4) is 0 Å². The number of imide groups is 1. The summed E-state index contributed by atoms with van der Waals surface area (Å²) in [5, 5.41) is 13.2. The fraction of sp³-hybridized carbons (Fsp3) is 0.667. The summed E-state index contributed by atoms with van der Waals surface area (Å²) in [7, 11) is 1.20. The number of hydrogen-bond acceptors (Lipinski definition) is 9. The number of aliphatic hydroxyl groups is 1. The number of carbonyl (C=O) groups is 6. The van der Waals surface area contributed by atoms with E-state index in [1.54, 1.807) is 0 Å². The molecule has 1 rings (SSSR count). The number of amides is 6. The molecule has 1 fully saturated rings. The van der Waals surface area contributed by atoms with Crippen molar-refractivity contribution >= 4 is 35.4 Å². The Labute approximate surface area is 185 Å². The van der Waals surface area contributed by atoms with Crippen LogP contribution >= 0.6 is 0 Å². The van der Waals surface area contributed by atoms with Crippen LogP contribution in [0.25, 0.3) is 0 Å². The second-order valence-electron chi connectivity index (χ2n) is 7.58. The fourth-order valence-corrected chi connectivity index (χ4v) is 2.97. The fourth-order valence-electron chi connectivity index (χ4n) is 2.97. The number of rotatable bonds is 7. The molecule has 4 atom stereocenters.